The summed E-state index contributed by atoms with van der Waals surface area (Å²) in [5.74, 6) is -0.0172. The number of carbonyl (C=O) groups is 1. The van der Waals surface area contributed by atoms with Gasteiger partial charge in [0.15, 0.2) is 0 Å². The van der Waals surface area contributed by atoms with E-state index in [1.54, 1.807) is 23.8 Å². The Morgan fingerprint density at radius 1 is 1.06 bits per heavy atom. The largest absolute Gasteiger partial charge is 0.397 e. The third-order valence-corrected chi connectivity index (χ3v) is 9.53. The molecule has 0 aliphatic carbocycles. The first kappa shape index (κ1) is 26.9. The number of halogens is 1. The van der Waals surface area contributed by atoms with Gasteiger partial charge in [0.25, 0.3) is 5.91 Å². The van der Waals surface area contributed by atoms with Crippen LogP contribution in [0.25, 0.3) is 0 Å². The second kappa shape index (κ2) is 11.9. The summed E-state index contributed by atoms with van der Waals surface area (Å²) < 4.78 is 12.3. The van der Waals surface area contributed by atoms with E-state index < -0.39 is 10.8 Å². The number of hydrogen-bond donors (Lipinski definition) is 1. The average Bonchev–Trinajstić information content (AvgIpc) is 2.90. The van der Waals surface area contributed by atoms with Gasteiger partial charge in [-0.2, -0.15) is 0 Å². The topological polar surface area (TPSA) is 66.6 Å². The van der Waals surface area contributed by atoms with Crippen LogP contribution in [0.1, 0.15) is 62.4 Å². The SMILES string of the molecule is CC(Cc1ccc(S(=O)C(C)C)cc1)=C1CCN(C2CCN(C(=O)c3cccc(Cl)c3N)CC2)CC1. The Labute approximate surface area is 223 Å². The van der Waals surface area contributed by atoms with Gasteiger partial charge in [-0.1, -0.05) is 54.8 Å². The van der Waals surface area contributed by atoms with Crippen molar-refractivity contribution in [1.82, 2.24) is 9.80 Å². The van der Waals surface area contributed by atoms with Gasteiger partial charge in [0.05, 0.1) is 27.1 Å². The number of allylic oxidation sites excluding steroid dienone is 1. The quantitative estimate of drug-likeness (QED) is 0.386. The van der Waals surface area contributed by atoms with Gasteiger partial charge in [-0.3, -0.25) is 13.9 Å². The van der Waals surface area contributed by atoms with Crippen molar-refractivity contribution in [1.29, 1.82) is 0 Å². The molecule has 0 spiro atoms. The molecule has 2 aromatic rings. The maximum absolute atomic E-state index is 13.0. The van der Waals surface area contributed by atoms with Crippen LogP contribution < -0.4 is 5.73 Å². The van der Waals surface area contributed by atoms with Gasteiger partial charge in [-0.05, 0) is 68.9 Å². The lowest BCUT2D eigenvalue weighted by Gasteiger charge is -2.41. The smallest absolute Gasteiger partial charge is 0.255 e. The van der Waals surface area contributed by atoms with Gasteiger partial charge in [0.1, 0.15) is 0 Å². The minimum absolute atomic E-state index is 0.0172. The van der Waals surface area contributed by atoms with E-state index in [2.05, 4.69) is 24.0 Å². The van der Waals surface area contributed by atoms with E-state index in [1.807, 2.05) is 30.9 Å². The maximum atomic E-state index is 13.0. The Balaban J connectivity index is 1.27. The van der Waals surface area contributed by atoms with Gasteiger partial charge < -0.3 is 10.6 Å². The standard InChI is InChI=1S/C29H38ClN3O2S/c1-20(2)36(35)25-9-7-22(8-10-25)19-21(3)23-11-15-32(16-12-23)24-13-17-33(18-14-24)29(34)26-5-4-6-27(30)28(26)31/h4-10,20,24H,11-19,31H2,1-3H3. The molecule has 194 valence electrons. The minimum atomic E-state index is -0.934. The van der Waals surface area contributed by atoms with Crippen LogP contribution in [0.5, 0.6) is 0 Å². The number of nitrogen functional groups attached to an aromatic ring is 1. The summed E-state index contributed by atoms with van der Waals surface area (Å²) in [4.78, 5) is 18.4. The highest BCUT2D eigenvalue weighted by Gasteiger charge is 2.29. The summed E-state index contributed by atoms with van der Waals surface area (Å²) in [7, 11) is -0.934. The van der Waals surface area contributed by atoms with Crippen molar-refractivity contribution in [2.24, 2.45) is 0 Å². The molecular formula is C29H38ClN3O2S. The van der Waals surface area contributed by atoms with Crippen LogP contribution >= 0.6 is 11.6 Å². The van der Waals surface area contributed by atoms with Gasteiger partial charge in [-0.25, -0.2) is 0 Å². The third kappa shape index (κ3) is 6.21. The van der Waals surface area contributed by atoms with E-state index in [0.717, 1.165) is 63.2 Å². The van der Waals surface area contributed by atoms with Gasteiger partial charge in [0.2, 0.25) is 0 Å². The molecular weight excluding hydrogens is 490 g/mol. The number of nitrogens with zero attached hydrogens (tertiary/aromatic N) is 2. The molecule has 2 heterocycles. The highest BCUT2D eigenvalue weighted by Crippen LogP contribution is 2.29. The first-order valence-corrected chi connectivity index (χ1v) is 14.6. The zero-order valence-corrected chi connectivity index (χ0v) is 23.2. The van der Waals surface area contributed by atoms with Crippen molar-refractivity contribution >= 4 is 34.0 Å². The number of benzene rings is 2. The highest BCUT2D eigenvalue weighted by atomic mass is 35.5. The molecule has 2 fully saturated rings. The molecule has 36 heavy (non-hydrogen) atoms. The summed E-state index contributed by atoms with van der Waals surface area (Å²) in [6.07, 6.45) is 5.17. The van der Waals surface area contributed by atoms with Crippen molar-refractivity contribution < 1.29 is 9.00 Å². The lowest BCUT2D eigenvalue weighted by Crippen LogP contribution is -2.48. The first-order valence-electron chi connectivity index (χ1n) is 13.0. The molecule has 1 atom stereocenters. The summed E-state index contributed by atoms with van der Waals surface area (Å²) in [6.45, 7) is 9.92. The lowest BCUT2D eigenvalue weighted by atomic mass is 9.92. The summed E-state index contributed by atoms with van der Waals surface area (Å²) in [5, 5.41) is 0.571. The van der Waals surface area contributed by atoms with E-state index >= 15 is 0 Å². The molecule has 1 unspecified atom stereocenters. The zero-order chi connectivity index (χ0) is 25.8. The Hall–Kier alpha value is -2.15. The maximum Gasteiger partial charge on any atom is 0.255 e. The van der Waals surface area contributed by atoms with E-state index in [-0.39, 0.29) is 11.2 Å². The fraction of sp³-hybridized carbons (Fsp3) is 0.483. The van der Waals surface area contributed by atoms with Crippen molar-refractivity contribution in [3.05, 3.63) is 69.8 Å². The third-order valence-electron chi connectivity index (χ3n) is 7.61. The Kier molecular flexibility index (Phi) is 8.91. The number of hydrogen-bond acceptors (Lipinski definition) is 4. The van der Waals surface area contributed by atoms with Crippen molar-refractivity contribution in [2.75, 3.05) is 31.9 Å². The van der Waals surface area contributed by atoms with Crippen LogP contribution in [0.2, 0.25) is 5.02 Å². The Morgan fingerprint density at radius 3 is 2.31 bits per heavy atom. The predicted octanol–water partition coefficient (Wildman–Crippen LogP) is 5.70. The van der Waals surface area contributed by atoms with E-state index in [0.29, 0.717) is 22.3 Å². The molecule has 2 aliphatic rings. The molecule has 0 aromatic heterocycles. The molecule has 5 nitrogen and oxygen atoms in total. The molecule has 2 aliphatic heterocycles. The Bertz CT molecular complexity index is 1130. The number of rotatable bonds is 6. The summed E-state index contributed by atoms with van der Waals surface area (Å²) >= 11 is 6.11. The van der Waals surface area contributed by atoms with Gasteiger partial charge >= 0.3 is 0 Å². The van der Waals surface area contributed by atoms with Gasteiger partial charge in [-0.15, -0.1) is 0 Å². The number of nitrogens with two attached hydrogens (primary N) is 1. The lowest BCUT2D eigenvalue weighted by molar-refractivity contribution is 0.0608. The second-order valence-electron chi connectivity index (χ2n) is 10.3. The summed E-state index contributed by atoms with van der Waals surface area (Å²) in [5.41, 5.74) is 11.2. The van der Waals surface area contributed by atoms with Gasteiger partial charge in [0, 0.05) is 42.4 Å². The number of likely N-dealkylation sites (tertiary alicyclic amines) is 2. The Morgan fingerprint density at radius 2 is 1.69 bits per heavy atom. The normalized spacial score (nSPS) is 18.5. The average molecular weight is 528 g/mol. The summed E-state index contributed by atoms with van der Waals surface area (Å²) in [6, 6.07) is 14.1. The number of para-hydroxylation sites is 1. The molecule has 2 N–H and O–H groups in total. The minimum Gasteiger partial charge on any atom is -0.397 e. The molecule has 0 bridgehead atoms. The van der Waals surface area contributed by atoms with E-state index in [1.165, 1.54) is 11.1 Å². The number of piperidine rings is 2. The molecule has 2 aromatic carbocycles. The fourth-order valence-corrected chi connectivity index (χ4v) is 6.48. The van der Waals surface area contributed by atoms with Crippen LogP contribution in [0.3, 0.4) is 0 Å². The molecule has 0 radical (unpaired) electrons. The predicted molar refractivity (Wildman–Crippen MR) is 150 cm³/mol. The second-order valence-corrected chi connectivity index (χ2v) is 12.7. The number of anilines is 1. The van der Waals surface area contributed by atoms with Crippen molar-refractivity contribution in [3.8, 4) is 0 Å². The first-order chi connectivity index (χ1) is 17.2. The molecule has 4 rings (SSSR count). The van der Waals surface area contributed by atoms with Crippen LogP contribution in [-0.2, 0) is 17.2 Å². The molecule has 2 saturated heterocycles. The monoisotopic (exact) mass is 527 g/mol. The number of amides is 1. The number of carbonyl (C=O) groups excluding carboxylic acids is 1. The molecule has 7 heteroatoms. The van der Waals surface area contributed by atoms with Crippen molar-refractivity contribution in [2.45, 2.75) is 69.1 Å². The van der Waals surface area contributed by atoms with Crippen LogP contribution in [0.4, 0.5) is 5.69 Å². The van der Waals surface area contributed by atoms with Crippen molar-refractivity contribution in [3.63, 3.8) is 0 Å². The molecule has 1 amide bonds. The fourth-order valence-electron chi connectivity index (χ4n) is 5.36. The van der Waals surface area contributed by atoms with Crippen LogP contribution in [-0.4, -0.2) is 57.4 Å². The van der Waals surface area contributed by atoms with E-state index in [9.17, 15) is 9.00 Å². The van der Waals surface area contributed by atoms with Crippen LogP contribution in [0.15, 0.2) is 58.5 Å². The van der Waals surface area contributed by atoms with E-state index in [4.69, 9.17) is 17.3 Å². The highest BCUT2D eigenvalue weighted by molar-refractivity contribution is 7.85. The zero-order valence-electron chi connectivity index (χ0n) is 21.6. The van der Waals surface area contributed by atoms with Crippen LogP contribution in [0, 0.1) is 0 Å². The molecule has 0 saturated carbocycles.